The molecule has 4 heteroatoms. The fraction of sp³-hybridized carbons (Fsp3) is 0.167. The van der Waals surface area contributed by atoms with Crippen molar-refractivity contribution >= 4 is 25.9 Å². The summed E-state index contributed by atoms with van der Waals surface area (Å²) < 4.78 is 19.6. The van der Waals surface area contributed by atoms with Gasteiger partial charge in [-0.15, -0.1) is 0 Å². The van der Waals surface area contributed by atoms with Crippen LogP contribution in [0.3, 0.4) is 0 Å². The van der Waals surface area contributed by atoms with Crippen molar-refractivity contribution in [2.24, 2.45) is 0 Å². The highest BCUT2D eigenvalue weighted by atomic mass is 28.2. The lowest BCUT2D eigenvalue weighted by atomic mass is 10.1. The van der Waals surface area contributed by atoms with Crippen molar-refractivity contribution < 1.29 is 8.81 Å². The van der Waals surface area contributed by atoms with Gasteiger partial charge in [0.2, 0.25) is 0 Å². The van der Waals surface area contributed by atoms with Crippen LogP contribution in [0.5, 0.6) is 0 Å². The molecule has 3 aromatic rings. The Bertz CT molecular complexity index is 870. The molecule has 1 heterocycles. The number of benzene rings is 2. The molecule has 112 valence electrons. The second-order valence-corrected chi connectivity index (χ2v) is 7.19. The lowest BCUT2D eigenvalue weighted by Gasteiger charge is -2.10. The zero-order valence-corrected chi connectivity index (χ0v) is 13.8. The van der Waals surface area contributed by atoms with Crippen LogP contribution in [0.2, 0.25) is 6.04 Å². The molecule has 0 bridgehead atoms. The number of para-hydroxylation sites is 1. The number of halogens is 1. The average Bonchev–Trinajstić information content (AvgIpc) is 2.53. The van der Waals surface area contributed by atoms with Crippen molar-refractivity contribution in [3.63, 3.8) is 0 Å². The third-order valence-corrected chi connectivity index (χ3v) is 5.75. The van der Waals surface area contributed by atoms with Gasteiger partial charge in [0.05, 0.1) is 16.3 Å². The van der Waals surface area contributed by atoms with E-state index in [1.807, 2.05) is 18.2 Å². The van der Waals surface area contributed by atoms with Crippen molar-refractivity contribution in [2.75, 3.05) is 0 Å². The lowest BCUT2D eigenvalue weighted by molar-refractivity contribution is 0.627. The van der Waals surface area contributed by atoms with E-state index in [4.69, 9.17) is 4.42 Å². The van der Waals surface area contributed by atoms with Crippen LogP contribution in [0, 0.1) is 5.82 Å². The Morgan fingerprint density at radius 2 is 1.95 bits per heavy atom. The molecule has 0 atom stereocenters. The minimum atomic E-state index is -0.695. The third-order valence-electron chi connectivity index (χ3n) is 3.74. The van der Waals surface area contributed by atoms with E-state index in [0.29, 0.717) is 22.1 Å². The summed E-state index contributed by atoms with van der Waals surface area (Å²) in [4.78, 5) is 12.9. The van der Waals surface area contributed by atoms with E-state index < -0.39 is 9.52 Å². The van der Waals surface area contributed by atoms with Crippen LogP contribution in [-0.2, 0) is 0 Å². The van der Waals surface area contributed by atoms with Crippen LogP contribution in [-0.4, -0.2) is 9.52 Å². The van der Waals surface area contributed by atoms with Gasteiger partial charge in [0.15, 0.2) is 5.43 Å². The summed E-state index contributed by atoms with van der Waals surface area (Å²) in [7, 11) is -0.695. The van der Waals surface area contributed by atoms with Crippen LogP contribution in [0.25, 0.3) is 22.1 Å². The standard InChI is InChI=1S/C18H17FO2Si/c1-2-10-22-18-16(12-6-5-7-13(19)11-12)17(20)14-8-3-4-9-15(14)21-18/h3-9,11H,2,10,22H2,1H3. The molecule has 0 spiro atoms. The van der Waals surface area contributed by atoms with Crippen LogP contribution >= 0.6 is 0 Å². The summed E-state index contributed by atoms with van der Waals surface area (Å²) in [5.41, 5.74) is 1.70. The Kier molecular flexibility index (Phi) is 4.20. The first kappa shape index (κ1) is 14.7. The summed E-state index contributed by atoms with van der Waals surface area (Å²) >= 11 is 0. The Morgan fingerprint density at radius 1 is 1.14 bits per heavy atom. The molecular weight excluding hydrogens is 295 g/mol. The first-order chi connectivity index (χ1) is 10.7. The normalized spacial score (nSPS) is 11.5. The zero-order chi connectivity index (χ0) is 15.5. The summed E-state index contributed by atoms with van der Waals surface area (Å²) in [6.45, 7) is 2.12. The van der Waals surface area contributed by atoms with Crippen molar-refractivity contribution in [1.29, 1.82) is 0 Å². The SMILES string of the molecule is CCC[SiH2]c1oc2ccccc2c(=O)c1-c1cccc(F)c1. The summed E-state index contributed by atoms with van der Waals surface area (Å²) in [5, 5.41) is 1.33. The van der Waals surface area contributed by atoms with Crippen molar-refractivity contribution in [3.8, 4) is 11.1 Å². The van der Waals surface area contributed by atoms with E-state index in [0.717, 1.165) is 17.8 Å². The number of hydrogen-bond acceptors (Lipinski definition) is 2. The van der Waals surface area contributed by atoms with Gasteiger partial charge in [0, 0.05) is 0 Å². The van der Waals surface area contributed by atoms with E-state index in [2.05, 4.69) is 6.92 Å². The highest BCUT2D eigenvalue weighted by Gasteiger charge is 2.16. The molecule has 0 saturated carbocycles. The van der Waals surface area contributed by atoms with E-state index in [9.17, 15) is 9.18 Å². The molecule has 1 aromatic heterocycles. The maximum atomic E-state index is 13.6. The van der Waals surface area contributed by atoms with Gasteiger partial charge in [0.25, 0.3) is 0 Å². The average molecular weight is 312 g/mol. The number of hydrogen-bond donors (Lipinski definition) is 0. The van der Waals surface area contributed by atoms with E-state index >= 15 is 0 Å². The maximum absolute atomic E-state index is 13.6. The van der Waals surface area contributed by atoms with Crippen LogP contribution in [0.15, 0.2) is 57.7 Å². The zero-order valence-electron chi connectivity index (χ0n) is 12.4. The fourth-order valence-electron chi connectivity index (χ4n) is 2.64. The van der Waals surface area contributed by atoms with Gasteiger partial charge < -0.3 is 4.42 Å². The third kappa shape index (κ3) is 2.74. The predicted molar refractivity (Wildman–Crippen MR) is 91.2 cm³/mol. The molecule has 0 aliphatic heterocycles. The molecule has 0 radical (unpaired) electrons. The Labute approximate surface area is 130 Å². The monoisotopic (exact) mass is 312 g/mol. The van der Waals surface area contributed by atoms with Crippen LogP contribution < -0.4 is 10.8 Å². The highest BCUT2D eigenvalue weighted by Crippen LogP contribution is 2.19. The maximum Gasteiger partial charge on any atom is 0.200 e. The molecule has 0 fully saturated rings. The summed E-state index contributed by atoms with van der Waals surface area (Å²) in [6.07, 6.45) is 1.06. The van der Waals surface area contributed by atoms with Gasteiger partial charge in [-0.1, -0.05) is 43.7 Å². The summed E-state index contributed by atoms with van der Waals surface area (Å²) in [5.74, 6) is -0.340. The first-order valence-electron chi connectivity index (χ1n) is 7.51. The van der Waals surface area contributed by atoms with Crippen molar-refractivity contribution in [3.05, 3.63) is 64.6 Å². The second-order valence-electron chi connectivity index (χ2n) is 5.34. The molecule has 0 N–H and O–H groups in total. The van der Waals surface area contributed by atoms with Crippen molar-refractivity contribution in [1.82, 2.24) is 0 Å². The van der Waals surface area contributed by atoms with E-state index in [-0.39, 0.29) is 11.2 Å². The molecule has 2 nitrogen and oxygen atoms in total. The topological polar surface area (TPSA) is 30.2 Å². The quantitative estimate of drug-likeness (QED) is 0.692. The van der Waals surface area contributed by atoms with Gasteiger partial charge in [-0.2, -0.15) is 0 Å². The van der Waals surface area contributed by atoms with E-state index in [1.165, 1.54) is 12.1 Å². The van der Waals surface area contributed by atoms with Gasteiger partial charge in [0.1, 0.15) is 20.9 Å². The minimum Gasteiger partial charge on any atom is -0.466 e. The highest BCUT2D eigenvalue weighted by molar-refractivity contribution is 6.53. The van der Waals surface area contributed by atoms with Gasteiger partial charge in [-0.25, -0.2) is 4.39 Å². The Balaban J connectivity index is 2.29. The second kappa shape index (κ2) is 6.28. The molecule has 22 heavy (non-hydrogen) atoms. The molecular formula is C18H17FO2Si. The number of rotatable bonds is 4. The van der Waals surface area contributed by atoms with Crippen LogP contribution in [0.1, 0.15) is 13.3 Å². The smallest absolute Gasteiger partial charge is 0.200 e. The van der Waals surface area contributed by atoms with Gasteiger partial charge >= 0.3 is 0 Å². The van der Waals surface area contributed by atoms with E-state index in [1.54, 1.807) is 18.2 Å². The lowest BCUT2D eigenvalue weighted by Crippen LogP contribution is -2.24. The Hall–Kier alpha value is -2.20. The molecule has 2 aromatic carbocycles. The predicted octanol–water partition coefficient (Wildman–Crippen LogP) is 3.22. The van der Waals surface area contributed by atoms with Crippen molar-refractivity contribution in [2.45, 2.75) is 19.4 Å². The van der Waals surface area contributed by atoms with Crippen LogP contribution in [0.4, 0.5) is 4.39 Å². The largest absolute Gasteiger partial charge is 0.466 e. The summed E-state index contributed by atoms with van der Waals surface area (Å²) in [6, 6.07) is 14.5. The molecule has 3 rings (SSSR count). The minimum absolute atomic E-state index is 0.0638. The fourth-order valence-corrected chi connectivity index (χ4v) is 4.18. The van der Waals surface area contributed by atoms with Gasteiger partial charge in [-0.05, 0) is 29.8 Å². The molecule has 0 aliphatic rings. The van der Waals surface area contributed by atoms with Gasteiger partial charge in [-0.3, -0.25) is 4.79 Å². The molecule has 0 saturated heterocycles. The molecule has 0 unspecified atom stereocenters. The Morgan fingerprint density at radius 3 is 2.73 bits per heavy atom. The molecule has 0 aliphatic carbocycles. The number of fused-ring (bicyclic) bond motifs is 1. The first-order valence-corrected chi connectivity index (χ1v) is 9.22. The molecule has 0 amide bonds.